The summed E-state index contributed by atoms with van der Waals surface area (Å²) in [4.78, 5) is 17.6. The SMILES string of the molecule is Cc1nc(C(=O)N2CCOC(C)C2)n[nH]1. The summed E-state index contributed by atoms with van der Waals surface area (Å²) in [6.07, 6.45) is 0.0859. The Balaban J connectivity index is 2.07. The normalized spacial score (nSPS) is 21.7. The highest BCUT2D eigenvalue weighted by Gasteiger charge is 2.24. The molecular weight excluding hydrogens is 196 g/mol. The summed E-state index contributed by atoms with van der Waals surface area (Å²) < 4.78 is 5.36. The number of carbonyl (C=O) groups is 1. The van der Waals surface area contributed by atoms with Gasteiger partial charge in [-0.25, -0.2) is 4.98 Å². The van der Waals surface area contributed by atoms with Crippen molar-refractivity contribution in [3.8, 4) is 0 Å². The van der Waals surface area contributed by atoms with E-state index in [1.165, 1.54) is 0 Å². The summed E-state index contributed by atoms with van der Waals surface area (Å²) >= 11 is 0. The third-order valence-electron chi connectivity index (χ3n) is 2.32. The Morgan fingerprint density at radius 2 is 2.47 bits per heavy atom. The van der Waals surface area contributed by atoms with Gasteiger partial charge in [-0.05, 0) is 13.8 Å². The molecule has 15 heavy (non-hydrogen) atoms. The van der Waals surface area contributed by atoms with Gasteiger partial charge >= 0.3 is 0 Å². The molecule has 0 spiro atoms. The van der Waals surface area contributed by atoms with Crippen LogP contribution in [0.5, 0.6) is 0 Å². The molecule has 1 aromatic rings. The molecule has 6 nitrogen and oxygen atoms in total. The van der Waals surface area contributed by atoms with Crippen LogP contribution in [0.4, 0.5) is 0 Å². The quantitative estimate of drug-likeness (QED) is 0.706. The van der Waals surface area contributed by atoms with E-state index in [4.69, 9.17) is 4.74 Å². The summed E-state index contributed by atoms with van der Waals surface area (Å²) in [5.41, 5.74) is 0. The number of aromatic nitrogens is 3. The maximum Gasteiger partial charge on any atom is 0.293 e. The smallest absolute Gasteiger partial charge is 0.293 e. The van der Waals surface area contributed by atoms with E-state index >= 15 is 0 Å². The molecule has 1 saturated heterocycles. The number of nitrogens with one attached hydrogen (secondary N) is 1. The number of aromatic amines is 1. The molecular formula is C9H14N4O2. The molecule has 6 heteroatoms. The van der Waals surface area contributed by atoms with Crippen LogP contribution in [0.15, 0.2) is 0 Å². The first-order valence-corrected chi connectivity index (χ1v) is 4.96. The van der Waals surface area contributed by atoms with Crippen molar-refractivity contribution in [1.29, 1.82) is 0 Å². The molecule has 1 fully saturated rings. The third-order valence-corrected chi connectivity index (χ3v) is 2.32. The molecule has 1 amide bonds. The molecule has 1 aliphatic rings. The fraction of sp³-hybridized carbons (Fsp3) is 0.667. The lowest BCUT2D eigenvalue weighted by Gasteiger charge is -2.30. The lowest BCUT2D eigenvalue weighted by atomic mass is 10.3. The molecule has 1 unspecified atom stereocenters. The topological polar surface area (TPSA) is 71.1 Å². The largest absolute Gasteiger partial charge is 0.375 e. The first-order chi connectivity index (χ1) is 7.16. The Morgan fingerprint density at radius 1 is 1.67 bits per heavy atom. The molecule has 1 aromatic heterocycles. The summed E-state index contributed by atoms with van der Waals surface area (Å²) in [6, 6.07) is 0. The Bertz CT molecular complexity index is 363. The van der Waals surface area contributed by atoms with Crippen molar-refractivity contribution in [1.82, 2.24) is 20.1 Å². The number of carbonyl (C=O) groups excluding carboxylic acids is 1. The first kappa shape index (κ1) is 10.1. The van der Waals surface area contributed by atoms with E-state index in [1.807, 2.05) is 6.92 Å². The predicted molar refractivity (Wildman–Crippen MR) is 52.4 cm³/mol. The average Bonchev–Trinajstić information content (AvgIpc) is 2.64. The van der Waals surface area contributed by atoms with Crippen LogP contribution in [0.3, 0.4) is 0 Å². The van der Waals surface area contributed by atoms with E-state index in [0.717, 1.165) is 0 Å². The molecule has 1 atom stereocenters. The van der Waals surface area contributed by atoms with Crippen molar-refractivity contribution < 1.29 is 9.53 Å². The minimum atomic E-state index is -0.130. The monoisotopic (exact) mass is 210 g/mol. The van der Waals surface area contributed by atoms with Gasteiger partial charge in [0.1, 0.15) is 5.82 Å². The summed E-state index contributed by atoms with van der Waals surface area (Å²) in [5.74, 6) is 0.760. The number of nitrogens with zero attached hydrogens (tertiary/aromatic N) is 3. The van der Waals surface area contributed by atoms with Crippen LogP contribution in [-0.4, -0.2) is 51.8 Å². The highest BCUT2D eigenvalue weighted by molar-refractivity contribution is 5.90. The van der Waals surface area contributed by atoms with E-state index in [-0.39, 0.29) is 17.8 Å². The van der Waals surface area contributed by atoms with Gasteiger partial charge in [0.25, 0.3) is 5.91 Å². The van der Waals surface area contributed by atoms with Crippen LogP contribution in [0.2, 0.25) is 0 Å². The molecule has 2 heterocycles. The predicted octanol–water partition coefficient (Wildman–Crippen LogP) is -0.0260. The second-order valence-electron chi connectivity index (χ2n) is 3.68. The van der Waals surface area contributed by atoms with Crippen molar-refractivity contribution in [3.05, 3.63) is 11.6 Å². The maximum absolute atomic E-state index is 11.9. The number of aryl methyl sites for hydroxylation is 1. The van der Waals surface area contributed by atoms with Gasteiger partial charge in [0.15, 0.2) is 0 Å². The Morgan fingerprint density at radius 3 is 3.07 bits per heavy atom. The first-order valence-electron chi connectivity index (χ1n) is 4.96. The number of H-pyrrole nitrogens is 1. The van der Waals surface area contributed by atoms with Crippen LogP contribution in [-0.2, 0) is 4.74 Å². The second kappa shape index (κ2) is 3.98. The van der Waals surface area contributed by atoms with Gasteiger partial charge in [-0.2, -0.15) is 0 Å². The van der Waals surface area contributed by atoms with Gasteiger partial charge in [-0.3, -0.25) is 9.89 Å². The Kier molecular flexibility index (Phi) is 2.68. The van der Waals surface area contributed by atoms with Crippen molar-refractivity contribution >= 4 is 5.91 Å². The number of ether oxygens (including phenoxy) is 1. The minimum absolute atomic E-state index is 0.0859. The zero-order valence-electron chi connectivity index (χ0n) is 8.86. The Labute approximate surface area is 87.6 Å². The Hall–Kier alpha value is -1.43. The number of rotatable bonds is 1. The molecule has 0 saturated carbocycles. The average molecular weight is 210 g/mol. The second-order valence-corrected chi connectivity index (χ2v) is 3.68. The standard InChI is InChI=1S/C9H14N4O2/c1-6-5-13(3-4-15-6)9(14)8-10-7(2)11-12-8/h6H,3-5H2,1-2H3,(H,10,11,12). The van der Waals surface area contributed by atoms with Crippen molar-refractivity contribution in [2.75, 3.05) is 19.7 Å². The fourth-order valence-corrected chi connectivity index (χ4v) is 1.58. The van der Waals surface area contributed by atoms with Crippen LogP contribution >= 0.6 is 0 Å². The van der Waals surface area contributed by atoms with Crippen LogP contribution in [0.25, 0.3) is 0 Å². The molecule has 1 N–H and O–H groups in total. The number of hydrogen-bond acceptors (Lipinski definition) is 4. The maximum atomic E-state index is 11.9. The highest BCUT2D eigenvalue weighted by Crippen LogP contribution is 2.07. The minimum Gasteiger partial charge on any atom is -0.375 e. The number of hydrogen-bond donors (Lipinski definition) is 1. The summed E-state index contributed by atoms with van der Waals surface area (Å²) in [6.45, 7) is 5.51. The third kappa shape index (κ3) is 2.15. The molecule has 2 rings (SSSR count). The van der Waals surface area contributed by atoms with E-state index < -0.39 is 0 Å². The fourth-order valence-electron chi connectivity index (χ4n) is 1.58. The van der Waals surface area contributed by atoms with Crippen molar-refractivity contribution in [2.45, 2.75) is 20.0 Å². The van der Waals surface area contributed by atoms with Gasteiger partial charge in [-0.1, -0.05) is 0 Å². The zero-order valence-corrected chi connectivity index (χ0v) is 8.86. The number of amides is 1. The molecule has 0 aromatic carbocycles. The van der Waals surface area contributed by atoms with E-state index in [1.54, 1.807) is 11.8 Å². The van der Waals surface area contributed by atoms with E-state index in [0.29, 0.717) is 25.5 Å². The molecule has 0 bridgehead atoms. The van der Waals surface area contributed by atoms with Crippen LogP contribution in [0, 0.1) is 6.92 Å². The van der Waals surface area contributed by atoms with Gasteiger partial charge in [0.05, 0.1) is 12.7 Å². The van der Waals surface area contributed by atoms with Crippen LogP contribution in [0.1, 0.15) is 23.4 Å². The lowest BCUT2D eigenvalue weighted by molar-refractivity contribution is -0.0128. The van der Waals surface area contributed by atoms with Crippen molar-refractivity contribution in [2.24, 2.45) is 0 Å². The van der Waals surface area contributed by atoms with E-state index in [9.17, 15) is 4.79 Å². The van der Waals surface area contributed by atoms with Gasteiger partial charge in [0.2, 0.25) is 5.82 Å². The highest BCUT2D eigenvalue weighted by atomic mass is 16.5. The van der Waals surface area contributed by atoms with Crippen LogP contribution < -0.4 is 0 Å². The molecule has 1 aliphatic heterocycles. The lowest BCUT2D eigenvalue weighted by Crippen LogP contribution is -2.44. The van der Waals surface area contributed by atoms with Crippen molar-refractivity contribution in [3.63, 3.8) is 0 Å². The van der Waals surface area contributed by atoms with Gasteiger partial charge < -0.3 is 9.64 Å². The molecule has 82 valence electrons. The van der Waals surface area contributed by atoms with Gasteiger partial charge in [0, 0.05) is 13.1 Å². The molecule has 0 radical (unpaired) electrons. The molecule has 0 aliphatic carbocycles. The summed E-state index contributed by atoms with van der Waals surface area (Å²) in [5, 5.41) is 6.51. The van der Waals surface area contributed by atoms with E-state index in [2.05, 4.69) is 15.2 Å². The summed E-state index contributed by atoms with van der Waals surface area (Å²) in [7, 11) is 0. The van der Waals surface area contributed by atoms with Gasteiger partial charge in [-0.15, -0.1) is 5.10 Å². The number of morpholine rings is 1. The zero-order chi connectivity index (χ0) is 10.8.